The van der Waals surface area contributed by atoms with Crippen LogP contribution in [0.15, 0.2) is 77.9 Å². The second-order valence-electron chi connectivity index (χ2n) is 6.72. The Balaban J connectivity index is 0.00000176. The van der Waals surface area contributed by atoms with Gasteiger partial charge in [-0.15, -0.1) is 6.58 Å². The van der Waals surface area contributed by atoms with Crippen molar-refractivity contribution in [1.82, 2.24) is 0 Å². The summed E-state index contributed by atoms with van der Waals surface area (Å²) in [7, 11) is 0. The van der Waals surface area contributed by atoms with Gasteiger partial charge in [0.25, 0.3) is 0 Å². The van der Waals surface area contributed by atoms with Crippen molar-refractivity contribution in [2.24, 2.45) is 5.92 Å². The molecule has 0 nitrogen and oxygen atoms in total. The lowest BCUT2D eigenvalue weighted by Gasteiger charge is -2.23. The molecular weight excluding hydrogens is 324 g/mol. The number of aryl methyl sites for hydroxylation is 1. The largest absolute Gasteiger partial charge is 0.103 e. The number of allylic oxidation sites excluding steroid dienone is 9. The fourth-order valence-corrected chi connectivity index (χ4v) is 4.03. The summed E-state index contributed by atoms with van der Waals surface area (Å²) in [6.07, 6.45) is 15.7. The molecule has 0 bridgehead atoms. The fourth-order valence-electron chi connectivity index (χ4n) is 4.03. The Hall–Kier alpha value is -2.08. The molecule has 1 unspecified atom stereocenters. The molecule has 0 heteroatoms. The fraction of sp³-hybridized carbons (Fsp3) is 0.407. The molecule has 0 heterocycles. The molecule has 0 aromatic heterocycles. The second kappa shape index (κ2) is 12.3. The zero-order valence-electron chi connectivity index (χ0n) is 18.3. The Bertz CT molecular complexity index is 722. The van der Waals surface area contributed by atoms with Crippen LogP contribution in [0.25, 0.3) is 5.57 Å². The summed E-state index contributed by atoms with van der Waals surface area (Å²) in [5, 5.41) is 0. The van der Waals surface area contributed by atoms with E-state index in [-0.39, 0.29) is 0 Å². The van der Waals surface area contributed by atoms with Crippen molar-refractivity contribution < 1.29 is 0 Å². The standard InChI is InChI=1S/C25H32.C2H6/c1-6-12-20-17-18-25(23(20)13-7-2)21(9-4)24(14-8-3)22-16-11-10-15-19(22)5;1-2/h6-7,9-12,14-16,25H,2,8,13,17-18H2,1,3-5H3;1-2H3/b12-6-,21-9+,24-14+;. The van der Waals surface area contributed by atoms with Gasteiger partial charge in [0.1, 0.15) is 0 Å². The molecule has 1 aliphatic carbocycles. The van der Waals surface area contributed by atoms with E-state index in [1.165, 1.54) is 40.7 Å². The van der Waals surface area contributed by atoms with E-state index in [2.05, 4.69) is 88.9 Å². The van der Waals surface area contributed by atoms with Gasteiger partial charge in [0.05, 0.1) is 0 Å². The highest BCUT2D eigenvalue weighted by atomic mass is 14.3. The van der Waals surface area contributed by atoms with Gasteiger partial charge in [-0.2, -0.15) is 0 Å². The van der Waals surface area contributed by atoms with Crippen molar-refractivity contribution in [2.75, 3.05) is 0 Å². The zero-order chi connectivity index (χ0) is 20.2. The predicted molar refractivity (Wildman–Crippen MR) is 124 cm³/mol. The minimum atomic E-state index is 0.506. The third-order valence-electron chi connectivity index (χ3n) is 5.11. The molecule has 27 heavy (non-hydrogen) atoms. The van der Waals surface area contributed by atoms with E-state index >= 15 is 0 Å². The first-order valence-electron chi connectivity index (χ1n) is 10.6. The molecule has 0 fully saturated rings. The monoisotopic (exact) mass is 362 g/mol. The van der Waals surface area contributed by atoms with Crippen LogP contribution in [0.3, 0.4) is 0 Å². The van der Waals surface area contributed by atoms with Crippen LogP contribution in [0.2, 0.25) is 0 Å². The quantitative estimate of drug-likeness (QED) is 0.336. The average molecular weight is 363 g/mol. The topological polar surface area (TPSA) is 0 Å². The van der Waals surface area contributed by atoms with Gasteiger partial charge in [0, 0.05) is 5.92 Å². The van der Waals surface area contributed by atoms with E-state index in [9.17, 15) is 0 Å². The summed E-state index contributed by atoms with van der Waals surface area (Å²) in [6.45, 7) is 16.7. The van der Waals surface area contributed by atoms with E-state index in [4.69, 9.17) is 0 Å². The van der Waals surface area contributed by atoms with Crippen molar-refractivity contribution in [3.05, 3.63) is 89.1 Å². The molecule has 0 aliphatic heterocycles. The van der Waals surface area contributed by atoms with Crippen molar-refractivity contribution in [3.8, 4) is 0 Å². The van der Waals surface area contributed by atoms with Gasteiger partial charge < -0.3 is 0 Å². The summed E-state index contributed by atoms with van der Waals surface area (Å²) in [6, 6.07) is 8.76. The molecule has 0 spiro atoms. The van der Waals surface area contributed by atoms with Gasteiger partial charge in [-0.05, 0) is 74.3 Å². The third-order valence-corrected chi connectivity index (χ3v) is 5.11. The molecule has 0 saturated heterocycles. The number of hydrogen-bond donors (Lipinski definition) is 0. The lowest BCUT2D eigenvalue weighted by molar-refractivity contribution is 0.703. The average Bonchev–Trinajstić information content (AvgIpc) is 3.07. The molecule has 1 aromatic rings. The number of rotatable bonds is 7. The predicted octanol–water partition coefficient (Wildman–Crippen LogP) is 8.62. The van der Waals surface area contributed by atoms with Crippen molar-refractivity contribution in [1.29, 1.82) is 0 Å². The molecule has 1 aliphatic rings. The Kier molecular flexibility index (Phi) is 10.5. The summed E-state index contributed by atoms with van der Waals surface area (Å²) in [5.41, 5.74) is 8.67. The number of benzene rings is 1. The van der Waals surface area contributed by atoms with Crippen LogP contribution in [0.4, 0.5) is 0 Å². The van der Waals surface area contributed by atoms with E-state index < -0.39 is 0 Å². The summed E-state index contributed by atoms with van der Waals surface area (Å²) in [5.74, 6) is 0.506. The highest BCUT2D eigenvalue weighted by Crippen LogP contribution is 2.44. The Morgan fingerprint density at radius 3 is 2.44 bits per heavy atom. The molecule has 146 valence electrons. The SMILES string of the molecule is C=CCC1=C(/C=C\C)CCC1C(=C/C)/C(=C\CC)c1ccccc1C.CC. The van der Waals surface area contributed by atoms with Gasteiger partial charge >= 0.3 is 0 Å². The Morgan fingerprint density at radius 2 is 1.89 bits per heavy atom. The first kappa shape index (κ1) is 23.0. The van der Waals surface area contributed by atoms with Crippen LogP contribution >= 0.6 is 0 Å². The molecule has 0 amide bonds. The normalized spacial score (nSPS) is 17.9. The summed E-state index contributed by atoms with van der Waals surface area (Å²) < 4.78 is 0. The zero-order valence-corrected chi connectivity index (χ0v) is 18.3. The maximum Gasteiger partial charge on any atom is 0.00630 e. The van der Waals surface area contributed by atoms with Crippen molar-refractivity contribution in [3.63, 3.8) is 0 Å². The van der Waals surface area contributed by atoms with E-state index in [0.717, 1.165) is 12.8 Å². The molecule has 1 atom stereocenters. The van der Waals surface area contributed by atoms with Gasteiger partial charge in [-0.25, -0.2) is 0 Å². The highest BCUT2D eigenvalue weighted by molar-refractivity contribution is 5.82. The van der Waals surface area contributed by atoms with Gasteiger partial charge in [-0.1, -0.05) is 81.0 Å². The smallest absolute Gasteiger partial charge is 0.00630 e. The van der Waals surface area contributed by atoms with Crippen LogP contribution in [0.5, 0.6) is 0 Å². The van der Waals surface area contributed by atoms with Gasteiger partial charge in [0.2, 0.25) is 0 Å². The molecule has 1 aromatic carbocycles. The molecule has 2 rings (SSSR count). The van der Waals surface area contributed by atoms with Crippen molar-refractivity contribution >= 4 is 5.57 Å². The van der Waals surface area contributed by atoms with Crippen molar-refractivity contribution in [2.45, 2.75) is 67.2 Å². The van der Waals surface area contributed by atoms with Crippen LogP contribution in [0.1, 0.15) is 71.4 Å². The lowest BCUT2D eigenvalue weighted by Crippen LogP contribution is -2.07. The van der Waals surface area contributed by atoms with E-state index in [1.54, 1.807) is 5.57 Å². The first-order chi connectivity index (χ1) is 13.2. The second-order valence-corrected chi connectivity index (χ2v) is 6.72. The maximum atomic E-state index is 4.00. The summed E-state index contributed by atoms with van der Waals surface area (Å²) >= 11 is 0. The molecule has 0 saturated carbocycles. The lowest BCUT2D eigenvalue weighted by atomic mass is 9.81. The maximum absolute atomic E-state index is 4.00. The van der Waals surface area contributed by atoms with Gasteiger partial charge in [0.15, 0.2) is 0 Å². The van der Waals surface area contributed by atoms with Crippen LogP contribution < -0.4 is 0 Å². The Labute approximate surface area is 168 Å². The van der Waals surface area contributed by atoms with E-state index in [1.807, 2.05) is 13.8 Å². The third kappa shape index (κ3) is 5.70. The van der Waals surface area contributed by atoms with Crippen LogP contribution in [0, 0.1) is 12.8 Å². The minimum absolute atomic E-state index is 0.506. The summed E-state index contributed by atoms with van der Waals surface area (Å²) in [4.78, 5) is 0. The molecule has 0 radical (unpaired) electrons. The van der Waals surface area contributed by atoms with E-state index in [0.29, 0.717) is 5.92 Å². The molecule has 0 N–H and O–H groups in total. The van der Waals surface area contributed by atoms with Gasteiger partial charge in [-0.3, -0.25) is 0 Å². The minimum Gasteiger partial charge on any atom is -0.103 e. The Morgan fingerprint density at radius 1 is 1.19 bits per heavy atom. The highest BCUT2D eigenvalue weighted by Gasteiger charge is 2.28. The number of hydrogen-bond acceptors (Lipinski definition) is 0. The first-order valence-corrected chi connectivity index (χ1v) is 10.6. The van der Waals surface area contributed by atoms with Crippen LogP contribution in [-0.4, -0.2) is 0 Å². The van der Waals surface area contributed by atoms with Crippen LogP contribution in [-0.2, 0) is 0 Å². The molecular formula is C27H38.